The second kappa shape index (κ2) is 3.32. The van der Waals surface area contributed by atoms with E-state index in [1.165, 1.54) is 18.2 Å². The Morgan fingerprint density at radius 3 is 2.58 bits per heavy atom. The van der Waals surface area contributed by atoms with E-state index < -0.39 is 10.2 Å². The summed E-state index contributed by atoms with van der Waals surface area (Å²) in [4.78, 5) is 20.0. The van der Waals surface area contributed by atoms with Gasteiger partial charge in [0.15, 0.2) is 0 Å². The first-order chi connectivity index (χ1) is 5.61. The number of hydrogen-bond donors (Lipinski definition) is 0. The zero-order chi connectivity index (χ0) is 9.14. The van der Waals surface area contributed by atoms with E-state index in [4.69, 9.17) is 11.6 Å². The number of nitro groups is 1. The van der Waals surface area contributed by atoms with E-state index in [-0.39, 0.29) is 11.3 Å². The van der Waals surface area contributed by atoms with Crippen LogP contribution in [0.5, 0.6) is 0 Å². The van der Waals surface area contributed by atoms with E-state index in [0.29, 0.717) is 0 Å². The van der Waals surface area contributed by atoms with Crippen molar-refractivity contribution in [2.45, 2.75) is 0 Å². The van der Waals surface area contributed by atoms with Gasteiger partial charge in [0.2, 0.25) is 0 Å². The number of non-ortho nitro benzene ring substituents is 1. The van der Waals surface area contributed by atoms with E-state index in [1.54, 1.807) is 0 Å². The predicted octanol–water partition coefficient (Wildman–Crippen LogP) is 1.77. The molecule has 0 aliphatic heterocycles. The average Bonchev–Trinajstić information content (AvgIpc) is 2.04. The molecule has 0 aliphatic rings. The van der Waals surface area contributed by atoms with Crippen LogP contribution in [-0.4, -0.2) is 10.2 Å². The summed E-state index contributed by atoms with van der Waals surface area (Å²) in [6.07, 6.45) is 0. The molecule has 1 rings (SSSR count). The van der Waals surface area contributed by atoms with E-state index in [9.17, 15) is 14.9 Å². The summed E-state index contributed by atoms with van der Waals surface area (Å²) in [5.74, 6) is 0. The van der Waals surface area contributed by atoms with Gasteiger partial charge in [-0.2, -0.15) is 0 Å². The van der Waals surface area contributed by atoms with Crippen LogP contribution >= 0.6 is 11.6 Å². The number of rotatable bonds is 2. The lowest BCUT2D eigenvalue weighted by Gasteiger charge is -1.91. The van der Waals surface area contributed by atoms with Crippen LogP contribution in [0.1, 0.15) is 10.4 Å². The number of halogens is 1. The topological polar surface area (TPSA) is 60.2 Å². The summed E-state index contributed by atoms with van der Waals surface area (Å²) in [7, 11) is 0. The number of carbonyl (C=O) groups excluding carboxylic acids is 1. The maximum Gasteiger partial charge on any atom is 0.277 e. The molecule has 0 saturated carbocycles. The van der Waals surface area contributed by atoms with Gasteiger partial charge in [0.05, 0.1) is 11.0 Å². The first-order valence-corrected chi connectivity index (χ1v) is 3.35. The van der Waals surface area contributed by atoms with Crippen LogP contribution in [-0.2, 0) is 0 Å². The fourth-order valence-electron chi connectivity index (χ4n) is 0.652. The van der Waals surface area contributed by atoms with Crippen molar-refractivity contribution in [3.63, 3.8) is 0 Å². The smallest absolute Gasteiger partial charge is 0.276 e. The van der Waals surface area contributed by atoms with Gasteiger partial charge in [-0.25, -0.2) is 0 Å². The van der Waals surface area contributed by atoms with Crippen molar-refractivity contribution < 1.29 is 9.72 Å². The van der Waals surface area contributed by atoms with Crippen LogP contribution in [0, 0.1) is 16.2 Å². The third-order valence-corrected chi connectivity index (χ3v) is 1.44. The first kappa shape index (κ1) is 8.67. The molecule has 0 spiro atoms. The molecule has 0 fully saturated rings. The molecule has 0 unspecified atom stereocenters. The van der Waals surface area contributed by atoms with E-state index in [2.05, 4.69) is 6.07 Å². The summed E-state index contributed by atoms with van der Waals surface area (Å²) >= 11 is 5.11. The molecule has 0 aliphatic carbocycles. The third-order valence-electron chi connectivity index (χ3n) is 1.22. The number of hydrogen-bond acceptors (Lipinski definition) is 3. The van der Waals surface area contributed by atoms with Crippen molar-refractivity contribution in [2.75, 3.05) is 0 Å². The largest absolute Gasteiger partial charge is 0.277 e. The van der Waals surface area contributed by atoms with Gasteiger partial charge in [-0.3, -0.25) is 14.9 Å². The summed E-state index contributed by atoms with van der Waals surface area (Å²) in [5.41, 5.74) is 0.0129. The normalized spacial score (nSPS) is 9.42. The summed E-state index contributed by atoms with van der Waals surface area (Å²) in [5, 5.41) is 9.49. The molecular weight excluding hydrogens is 182 g/mol. The molecule has 5 heteroatoms. The molecule has 0 bridgehead atoms. The molecule has 4 nitrogen and oxygen atoms in total. The zero-order valence-electron chi connectivity index (χ0n) is 5.78. The SMILES string of the molecule is O=C(Cl)c1c[c]c([N+](=O)[O-])cc1. The highest BCUT2D eigenvalue weighted by Gasteiger charge is 2.06. The fraction of sp³-hybridized carbons (Fsp3) is 0. The van der Waals surface area contributed by atoms with Gasteiger partial charge in [-0.05, 0) is 23.7 Å². The minimum absolute atomic E-state index is 0.184. The van der Waals surface area contributed by atoms with Gasteiger partial charge >= 0.3 is 0 Å². The van der Waals surface area contributed by atoms with Crippen molar-refractivity contribution in [1.82, 2.24) is 0 Å². The maximum atomic E-state index is 10.5. The Hall–Kier alpha value is -1.42. The minimum atomic E-state index is -0.652. The monoisotopic (exact) mass is 184 g/mol. The van der Waals surface area contributed by atoms with Crippen molar-refractivity contribution in [1.29, 1.82) is 0 Å². The molecule has 1 radical (unpaired) electrons. The fourth-order valence-corrected chi connectivity index (χ4v) is 0.770. The molecule has 0 saturated heterocycles. The number of benzene rings is 1. The summed E-state index contributed by atoms with van der Waals surface area (Å²) in [6.45, 7) is 0. The molecular formula is C7H3ClNO3. The van der Waals surface area contributed by atoms with Gasteiger partial charge < -0.3 is 0 Å². The van der Waals surface area contributed by atoms with E-state index in [1.807, 2.05) is 0 Å². The second-order valence-electron chi connectivity index (χ2n) is 1.99. The molecule has 0 atom stereocenters. The average molecular weight is 185 g/mol. The predicted molar refractivity (Wildman–Crippen MR) is 42.1 cm³/mol. The van der Waals surface area contributed by atoms with Crippen molar-refractivity contribution in [3.8, 4) is 0 Å². The van der Waals surface area contributed by atoms with E-state index >= 15 is 0 Å². The Morgan fingerprint density at radius 1 is 1.58 bits per heavy atom. The number of carbonyl (C=O) groups is 1. The Bertz CT molecular complexity index is 287. The van der Waals surface area contributed by atoms with Crippen molar-refractivity contribution in [3.05, 3.63) is 39.9 Å². The Labute approximate surface area is 72.9 Å². The van der Waals surface area contributed by atoms with Gasteiger partial charge in [0, 0.05) is 11.6 Å². The van der Waals surface area contributed by atoms with E-state index in [0.717, 1.165) is 0 Å². The van der Waals surface area contributed by atoms with Crippen molar-refractivity contribution >= 4 is 22.5 Å². The first-order valence-electron chi connectivity index (χ1n) is 2.97. The molecule has 1 aromatic rings. The van der Waals surface area contributed by atoms with Crippen LogP contribution in [0.3, 0.4) is 0 Å². The Balaban J connectivity index is 3.01. The highest BCUT2D eigenvalue weighted by atomic mass is 35.5. The van der Waals surface area contributed by atoms with Gasteiger partial charge in [0.25, 0.3) is 10.9 Å². The summed E-state index contributed by atoms with van der Waals surface area (Å²) < 4.78 is 0. The van der Waals surface area contributed by atoms with Gasteiger partial charge in [-0.1, -0.05) is 0 Å². The Morgan fingerprint density at radius 2 is 2.25 bits per heavy atom. The van der Waals surface area contributed by atoms with Crippen LogP contribution in [0.25, 0.3) is 0 Å². The molecule has 12 heavy (non-hydrogen) atoms. The van der Waals surface area contributed by atoms with Crippen LogP contribution in [0.2, 0.25) is 0 Å². The lowest BCUT2D eigenvalue weighted by Crippen LogP contribution is -1.91. The van der Waals surface area contributed by atoms with Crippen LogP contribution in [0.15, 0.2) is 18.2 Å². The summed E-state index contributed by atoms with van der Waals surface area (Å²) in [6, 6.07) is 5.96. The Kier molecular flexibility index (Phi) is 2.40. The third kappa shape index (κ3) is 1.79. The molecule has 0 amide bonds. The highest BCUT2D eigenvalue weighted by molar-refractivity contribution is 6.67. The molecule has 0 aromatic heterocycles. The molecule has 0 N–H and O–H groups in total. The minimum Gasteiger partial charge on any atom is -0.276 e. The molecule has 0 heterocycles. The lowest BCUT2D eigenvalue weighted by molar-refractivity contribution is -0.385. The number of nitrogens with zero attached hydrogens (tertiary/aromatic N) is 1. The van der Waals surface area contributed by atoms with Crippen LogP contribution < -0.4 is 0 Å². The maximum absolute atomic E-state index is 10.5. The second-order valence-corrected chi connectivity index (χ2v) is 2.34. The lowest BCUT2D eigenvalue weighted by atomic mass is 10.2. The molecule has 61 valence electrons. The number of nitro benzene ring substituents is 1. The molecule has 1 aromatic carbocycles. The zero-order valence-corrected chi connectivity index (χ0v) is 6.54. The standard InChI is InChI=1S/C7H3ClNO3/c8-7(10)5-1-3-6(4-2-5)9(11)12/h1-3H. The highest BCUT2D eigenvalue weighted by Crippen LogP contribution is 2.12. The van der Waals surface area contributed by atoms with Crippen molar-refractivity contribution in [2.24, 2.45) is 0 Å². The quantitative estimate of drug-likeness (QED) is 0.400. The van der Waals surface area contributed by atoms with Gasteiger partial charge in [0.1, 0.15) is 0 Å². The van der Waals surface area contributed by atoms with Crippen LogP contribution in [0.4, 0.5) is 5.69 Å². The van der Waals surface area contributed by atoms with Gasteiger partial charge in [-0.15, -0.1) is 0 Å².